The maximum Gasteiger partial charge on any atom is 0.254 e. The normalized spacial score (nSPS) is 12.0. The van der Waals surface area contributed by atoms with E-state index < -0.39 is 0 Å². The van der Waals surface area contributed by atoms with Gasteiger partial charge in [-0.15, -0.1) is 0 Å². The van der Waals surface area contributed by atoms with Gasteiger partial charge in [-0.25, -0.2) is 4.98 Å². The molecule has 2 aromatic carbocycles. The number of para-hydroxylation sites is 1. The number of ether oxygens (including phenoxy) is 1. The van der Waals surface area contributed by atoms with Gasteiger partial charge < -0.3 is 10.1 Å². The third-order valence-electron chi connectivity index (χ3n) is 3.97. The highest BCUT2D eigenvalue weighted by Crippen LogP contribution is 2.21. The van der Waals surface area contributed by atoms with Crippen LogP contribution in [0.5, 0.6) is 5.75 Å². The molecule has 130 valence electrons. The maximum atomic E-state index is 5.92. The van der Waals surface area contributed by atoms with Crippen molar-refractivity contribution >= 4 is 11.6 Å². The van der Waals surface area contributed by atoms with E-state index >= 15 is 0 Å². The van der Waals surface area contributed by atoms with E-state index in [0.29, 0.717) is 12.3 Å². The highest BCUT2D eigenvalue weighted by molar-refractivity contribution is 5.65. The Bertz CT molecular complexity index is 985. The lowest BCUT2D eigenvalue weighted by Gasteiger charge is -2.16. The minimum absolute atomic E-state index is 0.00990. The van der Waals surface area contributed by atoms with Crippen molar-refractivity contribution in [3.05, 3.63) is 73.1 Å². The second kappa shape index (κ2) is 7.23. The second-order valence-electron chi connectivity index (χ2n) is 5.99. The standard InChI is InChI=1S/C20H19N5O/c1-15(26-17-10-6-3-7-11-17)13-21-19-12-18(16-8-4-2-5-9-16)24-20-22-14-23-25(19)20/h2-12,14-15,21H,13H2,1H3. The van der Waals surface area contributed by atoms with Gasteiger partial charge in [0.25, 0.3) is 5.78 Å². The molecule has 2 aromatic heterocycles. The number of fused-ring (bicyclic) bond motifs is 1. The second-order valence-corrected chi connectivity index (χ2v) is 5.99. The van der Waals surface area contributed by atoms with Crippen molar-refractivity contribution in [3.63, 3.8) is 0 Å². The molecule has 0 saturated heterocycles. The number of anilines is 1. The Kier molecular flexibility index (Phi) is 4.47. The summed E-state index contributed by atoms with van der Waals surface area (Å²) >= 11 is 0. The third-order valence-corrected chi connectivity index (χ3v) is 3.97. The minimum atomic E-state index is -0.00990. The van der Waals surface area contributed by atoms with Crippen molar-refractivity contribution in [2.75, 3.05) is 11.9 Å². The molecule has 0 aliphatic rings. The number of nitrogens with one attached hydrogen (secondary N) is 1. The van der Waals surface area contributed by atoms with Crippen LogP contribution < -0.4 is 10.1 Å². The van der Waals surface area contributed by atoms with E-state index in [4.69, 9.17) is 4.74 Å². The van der Waals surface area contributed by atoms with Crippen LogP contribution >= 0.6 is 0 Å². The van der Waals surface area contributed by atoms with Crippen LogP contribution in [0.25, 0.3) is 17.0 Å². The number of benzene rings is 2. The number of hydrogen-bond acceptors (Lipinski definition) is 5. The molecule has 0 spiro atoms. The molecule has 1 N–H and O–H groups in total. The van der Waals surface area contributed by atoms with E-state index in [1.807, 2.05) is 73.7 Å². The van der Waals surface area contributed by atoms with Crippen molar-refractivity contribution in [1.29, 1.82) is 0 Å². The van der Waals surface area contributed by atoms with Gasteiger partial charge >= 0.3 is 0 Å². The first-order chi connectivity index (χ1) is 12.8. The summed E-state index contributed by atoms with van der Waals surface area (Å²) < 4.78 is 7.62. The zero-order valence-electron chi connectivity index (χ0n) is 14.4. The highest BCUT2D eigenvalue weighted by atomic mass is 16.5. The summed E-state index contributed by atoms with van der Waals surface area (Å²) in [6, 6.07) is 21.8. The predicted octanol–water partition coefficient (Wildman–Crippen LogP) is 3.67. The zero-order chi connectivity index (χ0) is 17.8. The first-order valence-electron chi connectivity index (χ1n) is 8.51. The molecule has 4 rings (SSSR count). The monoisotopic (exact) mass is 345 g/mol. The molecule has 26 heavy (non-hydrogen) atoms. The molecular weight excluding hydrogens is 326 g/mol. The molecular formula is C20H19N5O. The third kappa shape index (κ3) is 3.49. The molecule has 6 nitrogen and oxygen atoms in total. The highest BCUT2D eigenvalue weighted by Gasteiger charge is 2.11. The fourth-order valence-corrected chi connectivity index (χ4v) is 2.72. The van der Waals surface area contributed by atoms with Gasteiger partial charge in [0.15, 0.2) is 0 Å². The molecule has 0 amide bonds. The lowest BCUT2D eigenvalue weighted by molar-refractivity contribution is 0.234. The van der Waals surface area contributed by atoms with E-state index in [9.17, 15) is 0 Å². The van der Waals surface area contributed by atoms with Gasteiger partial charge in [0.1, 0.15) is 24.0 Å². The molecule has 6 heteroatoms. The lowest BCUT2D eigenvalue weighted by Crippen LogP contribution is -2.23. The van der Waals surface area contributed by atoms with Gasteiger partial charge in [0.2, 0.25) is 0 Å². The first-order valence-corrected chi connectivity index (χ1v) is 8.51. The van der Waals surface area contributed by atoms with Crippen LogP contribution in [0, 0.1) is 0 Å². The SMILES string of the molecule is CC(CNc1cc(-c2ccccc2)nc2ncnn12)Oc1ccccc1. The molecule has 0 radical (unpaired) electrons. The van der Waals surface area contributed by atoms with E-state index in [0.717, 1.165) is 22.8 Å². The molecule has 2 heterocycles. The number of rotatable bonds is 6. The minimum Gasteiger partial charge on any atom is -0.489 e. The summed E-state index contributed by atoms with van der Waals surface area (Å²) in [5.74, 6) is 2.24. The Morgan fingerprint density at radius 2 is 1.77 bits per heavy atom. The summed E-state index contributed by atoms with van der Waals surface area (Å²) in [7, 11) is 0. The van der Waals surface area contributed by atoms with Gasteiger partial charge in [-0.3, -0.25) is 0 Å². The van der Waals surface area contributed by atoms with Gasteiger partial charge in [-0.2, -0.15) is 14.6 Å². The summed E-state index contributed by atoms with van der Waals surface area (Å²) in [4.78, 5) is 8.81. The van der Waals surface area contributed by atoms with E-state index in [1.54, 1.807) is 4.52 Å². The predicted molar refractivity (Wildman–Crippen MR) is 101 cm³/mol. The van der Waals surface area contributed by atoms with Crippen LogP contribution in [0.2, 0.25) is 0 Å². The van der Waals surface area contributed by atoms with Gasteiger partial charge in [0.05, 0.1) is 12.2 Å². The van der Waals surface area contributed by atoms with E-state index in [1.165, 1.54) is 6.33 Å². The van der Waals surface area contributed by atoms with Crippen molar-refractivity contribution < 1.29 is 4.74 Å². The van der Waals surface area contributed by atoms with Crippen LogP contribution in [0.1, 0.15) is 6.92 Å². The van der Waals surface area contributed by atoms with E-state index in [2.05, 4.69) is 20.4 Å². The molecule has 0 bridgehead atoms. The van der Waals surface area contributed by atoms with Crippen LogP contribution in [0.15, 0.2) is 73.1 Å². The average molecular weight is 345 g/mol. The van der Waals surface area contributed by atoms with Gasteiger partial charge in [-0.1, -0.05) is 48.5 Å². The van der Waals surface area contributed by atoms with Crippen LogP contribution in [0.3, 0.4) is 0 Å². The molecule has 0 aliphatic carbocycles. The fraction of sp³-hybridized carbons (Fsp3) is 0.150. The Hall–Kier alpha value is -3.41. The summed E-state index contributed by atoms with van der Waals surface area (Å²) in [6.45, 7) is 2.65. The molecule has 4 aromatic rings. The van der Waals surface area contributed by atoms with Crippen molar-refractivity contribution in [3.8, 4) is 17.0 Å². The summed E-state index contributed by atoms with van der Waals surface area (Å²) in [5.41, 5.74) is 1.89. The topological polar surface area (TPSA) is 64.3 Å². The Morgan fingerprint density at radius 1 is 1.04 bits per heavy atom. The quantitative estimate of drug-likeness (QED) is 0.578. The van der Waals surface area contributed by atoms with Crippen molar-refractivity contribution in [1.82, 2.24) is 19.6 Å². The smallest absolute Gasteiger partial charge is 0.254 e. The summed E-state index contributed by atoms with van der Waals surface area (Å²) in [5, 5.41) is 7.65. The van der Waals surface area contributed by atoms with Gasteiger partial charge in [0, 0.05) is 11.6 Å². The van der Waals surface area contributed by atoms with Crippen LogP contribution in [-0.2, 0) is 0 Å². The summed E-state index contributed by atoms with van der Waals surface area (Å²) in [6.07, 6.45) is 1.50. The lowest BCUT2D eigenvalue weighted by atomic mass is 10.1. The maximum absolute atomic E-state index is 5.92. The molecule has 1 unspecified atom stereocenters. The van der Waals surface area contributed by atoms with Crippen LogP contribution in [0.4, 0.5) is 5.82 Å². The first kappa shape index (κ1) is 16.1. The number of aromatic nitrogens is 4. The van der Waals surface area contributed by atoms with Crippen LogP contribution in [-0.4, -0.2) is 32.2 Å². The zero-order valence-corrected chi connectivity index (χ0v) is 14.4. The Morgan fingerprint density at radius 3 is 2.54 bits per heavy atom. The Labute approximate surface area is 151 Å². The Balaban J connectivity index is 1.55. The molecule has 0 saturated carbocycles. The average Bonchev–Trinajstić information content (AvgIpc) is 3.16. The molecule has 0 aliphatic heterocycles. The molecule has 1 atom stereocenters. The number of hydrogen-bond donors (Lipinski definition) is 1. The van der Waals surface area contributed by atoms with Crippen molar-refractivity contribution in [2.45, 2.75) is 13.0 Å². The molecule has 0 fully saturated rings. The van der Waals surface area contributed by atoms with Crippen molar-refractivity contribution in [2.24, 2.45) is 0 Å². The number of nitrogens with zero attached hydrogens (tertiary/aromatic N) is 4. The largest absolute Gasteiger partial charge is 0.489 e. The van der Waals surface area contributed by atoms with Gasteiger partial charge in [-0.05, 0) is 19.1 Å². The fourth-order valence-electron chi connectivity index (χ4n) is 2.72. The van der Waals surface area contributed by atoms with E-state index in [-0.39, 0.29) is 6.10 Å².